The molecule has 0 spiro atoms. The van der Waals surface area contributed by atoms with Crippen LogP contribution in [0.2, 0.25) is 0 Å². The molecular weight excluding hydrogens is 142 g/mol. The van der Waals surface area contributed by atoms with Gasteiger partial charge in [0.1, 0.15) is 0 Å². The Bertz CT molecular complexity index is 286. The molecule has 2 rings (SSSR count). The van der Waals surface area contributed by atoms with Crippen molar-refractivity contribution < 1.29 is 9.21 Å². The van der Waals surface area contributed by atoms with Crippen LogP contribution in [0.5, 0.6) is 0 Å². The van der Waals surface area contributed by atoms with Crippen LogP contribution in [0.15, 0.2) is 10.8 Å². The molecule has 1 aliphatic carbocycles. The normalized spacial score (nSPS) is 16.8. The highest BCUT2D eigenvalue weighted by Crippen LogP contribution is 2.40. The SMILES string of the molecule is CC(=O)c1ocnc1C1CC1. The Kier molecular flexibility index (Phi) is 1.31. The Balaban J connectivity index is 2.37. The van der Waals surface area contributed by atoms with Crippen LogP contribution in [-0.2, 0) is 0 Å². The molecule has 1 aliphatic rings. The van der Waals surface area contributed by atoms with Gasteiger partial charge in [0, 0.05) is 12.8 Å². The largest absolute Gasteiger partial charge is 0.440 e. The second-order valence-electron chi connectivity index (χ2n) is 2.90. The quantitative estimate of drug-likeness (QED) is 0.605. The average Bonchev–Trinajstić information content (AvgIpc) is 2.68. The van der Waals surface area contributed by atoms with Gasteiger partial charge in [-0.2, -0.15) is 0 Å². The standard InChI is InChI=1S/C8H9NO2/c1-5(10)8-7(6-2-3-6)9-4-11-8/h4,6H,2-3H2,1H3. The number of aromatic nitrogens is 1. The molecule has 0 unspecified atom stereocenters. The first kappa shape index (κ1) is 6.58. The predicted molar refractivity (Wildman–Crippen MR) is 38.5 cm³/mol. The summed E-state index contributed by atoms with van der Waals surface area (Å²) in [4.78, 5) is 14.9. The van der Waals surface area contributed by atoms with Crippen molar-refractivity contribution in [1.82, 2.24) is 4.98 Å². The van der Waals surface area contributed by atoms with Crippen LogP contribution < -0.4 is 0 Å². The van der Waals surface area contributed by atoms with Gasteiger partial charge in [-0.1, -0.05) is 0 Å². The van der Waals surface area contributed by atoms with Crippen molar-refractivity contribution >= 4 is 5.78 Å². The number of Topliss-reactive ketones (excluding diaryl/α,β-unsaturated/α-hetero) is 1. The monoisotopic (exact) mass is 151 g/mol. The molecule has 0 atom stereocenters. The first-order valence-electron chi connectivity index (χ1n) is 3.73. The van der Waals surface area contributed by atoms with Crippen LogP contribution in [0.25, 0.3) is 0 Å². The van der Waals surface area contributed by atoms with Crippen molar-refractivity contribution in [2.24, 2.45) is 0 Å². The molecule has 3 nitrogen and oxygen atoms in total. The number of ketones is 1. The minimum Gasteiger partial charge on any atom is -0.440 e. The van der Waals surface area contributed by atoms with E-state index >= 15 is 0 Å². The van der Waals surface area contributed by atoms with Crippen molar-refractivity contribution in [3.63, 3.8) is 0 Å². The fourth-order valence-corrected chi connectivity index (χ4v) is 1.17. The van der Waals surface area contributed by atoms with Gasteiger partial charge in [-0.05, 0) is 12.8 Å². The molecule has 58 valence electrons. The van der Waals surface area contributed by atoms with Crippen LogP contribution in [0.4, 0.5) is 0 Å². The molecule has 0 radical (unpaired) electrons. The van der Waals surface area contributed by atoms with Gasteiger partial charge in [0.15, 0.2) is 17.9 Å². The smallest absolute Gasteiger partial charge is 0.196 e. The summed E-state index contributed by atoms with van der Waals surface area (Å²) in [6.45, 7) is 1.51. The van der Waals surface area contributed by atoms with Crippen LogP contribution >= 0.6 is 0 Å². The Morgan fingerprint density at radius 1 is 1.73 bits per heavy atom. The third-order valence-electron chi connectivity index (χ3n) is 1.88. The number of oxazole rings is 1. The predicted octanol–water partition coefficient (Wildman–Crippen LogP) is 1.75. The number of carbonyl (C=O) groups excluding carboxylic acids is 1. The van der Waals surface area contributed by atoms with Crippen LogP contribution in [-0.4, -0.2) is 10.8 Å². The molecule has 1 aromatic rings. The summed E-state index contributed by atoms with van der Waals surface area (Å²) in [5, 5.41) is 0. The lowest BCUT2D eigenvalue weighted by Crippen LogP contribution is -1.94. The average molecular weight is 151 g/mol. The van der Waals surface area contributed by atoms with E-state index in [2.05, 4.69) is 4.98 Å². The molecule has 0 saturated heterocycles. The summed E-state index contributed by atoms with van der Waals surface area (Å²) in [6, 6.07) is 0. The Morgan fingerprint density at radius 2 is 2.45 bits per heavy atom. The highest BCUT2D eigenvalue weighted by molar-refractivity contribution is 5.92. The molecule has 0 amide bonds. The van der Waals surface area contributed by atoms with E-state index in [9.17, 15) is 4.79 Å². The molecular formula is C8H9NO2. The van der Waals surface area contributed by atoms with E-state index < -0.39 is 0 Å². The lowest BCUT2D eigenvalue weighted by Gasteiger charge is -1.91. The lowest BCUT2D eigenvalue weighted by molar-refractivity contribution is 0.0986. The number of rotatable bonds is 2. The summed E-state index contributed by atoms with van der Waals surface area (Å²) >= 11 is 0. The maximum Gasteiger partial charge on any atom is 0.196 e. The maximum absolute atomic E-state index is 10.9. The third-order valence-corrected chi connectivity index (χ3v) is 1.88. The summed E-state index contributed by atoms with van der Waals surface area (Å²) in [5.74, 6) is 0.921. The molecule has 11 heavy (non-hydrogen) atoms. The third kappa shape index (κ3) is 1.06. The Labute approximate surface area is 64.4 Å². The first-order chi connectivity index (χ1) is 5.29. The molecule has 1 aromatic heterocycles. The summed E-state index contributed by atoms with van der Waals surface area (Å²) < 4.78 is 4.97. The zero-order valence-corrected chi connectivity index (χ0v) is 6.33. The van der Waals surface area contributed by atoms with E-state index in [0.717, 1.165) is 18.5 Å². The molecule has 1 saturated carbocycles. The van der Waals surface area contributed by atoms with E-state index in [4.69, 9.17) is 4.42 Å². The van der Waals surface area contributed by atoms with Gasteiger partial charge in [0.2, 0.25) is 0 Å². The van der Waals surface area contributed by atoms with Crippen LogP contribution in [0.3, 0.4) is 0 Å². The summed E-state index contributed by atoms with van der Waals surface area (Å²) in [7, 11) is 0. The second kappa shape index (κ2) is 2.19. The minimum absolute atomic E-state index is 0.0237. The van der Waals surface area contributed by atoms with E-state index in [1.807, 2.05) is 0 Å². The molecule has 1 heterocycles. The van der Waals surface area contributed by atoms with Crippen LogP contribution in [0.1, 0.15) is 41.9 Å². The fourth-order valence-electron chi connectivity index (χ4n) is 1.17. The number of carbonyl (C=O) groups is 1. The molecule has 1 fully saturated rings. The van der Waals surface area contributed by atoms with Crippen molar-refractivity contribution in [2.45, 2.75) is 25.7 Å². The molecule has 0 N–H and O–H groups in total. The highest BCUT2D eigenvalue weighted by Gasteiger charge is 2.30. The Morgan fingerprint density at radius 3 is 3.00 bits per heavy atom. The van der Waals surface area contributed by atoms with Crippen LogP contribution in [0, 0.1) is 0 Å². The fraction of sp³-hybridized carbons (Fsp3) is 0.500. The lowest BCUT2D eigenvalue weighted by atomic mass is 10.2. The van der Waals surface area contributed by atoms with E-state index in [1.54, 1.807) is 0 Å². The van der Waals surface area contributed by atoms with Gasteiger partial charge < -0.3 is 4.42 Å². The number of nitrogens with zero attached hydrogens (tertiary/aromatic N) is 1. The van der Waals surface area contributed by atoms with Crippen molar-refractivity contribution in [1.29, 1.82) is 0 Å². The summed E-state index contributed by atoms with van der Waals surface area (Å²) in [5.41, 5.74) is 0.859. The van der Waals surface area contributed by atoms with Crippen molar-refractivity contribution in [3.05, 3.63) is 17.8 Å². The molecule has 0 bridgehead atoms. The van der Waals surface area contributed by atoms with Gasteiger partial charge in [-0.15, -0.1) is 0 Å². The van der Waals surface area contributed by atoms with Gasteiger partial charge >= 0.3 is 0 Å². The molecule has 3 heteroatoms. The number of hydrogen-bond donors (Lipinski definition) is 0. The summed E-state index contributed by atoms with van der Waals surface area (Å²) in [6.07, 6.45) is 3.64. The Hall–Kier alpha value is -1.12. The topological polar surface area (TPSA) is 43.1 Å². The molecule has 0 aliphatic heterocycles. The zero-order chi connectivity index (χ0) is 7.84. The second-order valence-corrected chi connectivity index (χ2v) is 2.90. The van der Waals surface area contributed by atoms with E-state index in [0.29, 0.717) is 11.7 Å². The minimum atomic E-state index is -0.0237. The highest BCUT2D eigenvalue weighted by atomic mass is 16.3. The number of hydrogen-bond acceptors (Lipinski definition) is 3. The van der Waals surface area contributed by atoms with E-state index in [-0.39, 0.29) is 5.78 Å². The zero-order valence-electron chi connectivity index (χ0n) is 6.33. The maximum atomic E-state index is 10.9. The van der Waals surface area contributed by atoms with Gasteiger partial charge in [0.25, 0.3) is 0 Å². The van der Waals surface area contributed by atoms with Gasteiger partial charge in [-0.25, -0.2) is 4.98 Å². The van der Waals surface area contributed by atoms with E-state index in [1.165, 1.54) is 13.3 Å². The van der Waals surface area contributed by atoms with Crippen molar-refractivity contribution in [3.8, 4) is 0 Å². The van der Waals surface area contributed by atoms with Gasteiger partial charge in [-0.3, -0.25) is 4.79 Å². The first-order valence-corrected chi connectivity index (χ1v) is 3.73. The van der Waals surface area contributed by atoms with Crippen molar-refractivity contribution in [2.75, 3.05) is 0 Å². The van der Waals surface area contributed by atoms with Gasteiger partial charge in [0.05, 0.1) is 5.69 Å². The molecule has 0 aromatic carbocycles.